The molecule has 0 aliphatic heterocycles. The molecule has 3 heteroatoms. The van der Waals surface area contributed by atoms with Gasteiger partial charge in [0.25, 0.3) is 0 Å². The van der Waals surface area contributed by atoms with Gasteiger partial charge in [0, 0.05) is 18.0 Å². The molecule has 0 aliphatic rings. The van der Waals surface area contributed by atoms with E-state index in [0.717, 1.165) is 17.1 Å². The molecular weight excluding hydrogens is 248 g/mol. The number of methoxy groups -OCH3 is 1. The number of aromatic nitrogens is 2. The van der Waals surface area contributed by atoms with Crippen LogP contribution in [0.15, 0.2) is 36.7 Å². The summed E-state index contributed by atoms with van der Waals surface area (Å²) in [6.07, 6.45) is 4.05. The first-order valence-electron chi connectivity index (χ1n) is 6.70. The standard InChI is InChI=1S/C17H18N2O/c1-11-8-12(2)16(13(3)9-11)14-10-19-7-5-6-15(20-4)17(19)18-14/h5-10H,1-4H3. The van der Waals surface area contributed by atoms with Gasteiger partial charge in [0.15, 0.2) is 11.4 Å². The van der Waals surface area contributed by atoms with Crippen molar-refractivity contribution < 1.29 is 4.74 Å². The molecule has 0 saturated carbocycles. The van der Waals surface area contributed by atoms with Crippen LogP contribution in [0, 0.1) is 20.8 Å². The van der Waals surface area contributed by atoms with Gasteiger partial charge in [-0.05, 0) is 44.0 Å². The molecule has 3 aromatic rings. The molecule has 0 unspecified atom stereocenters. The van der Waals surface area contributed by atoms with Crippen molar-refractivity contribution in [3.63, 3.8) is 0 Å². The van der Waals surface area contributed by atoms with Gasteiger partial charge in [-0.15, -0.1) is 0 Å². The molecule has 3 rings (SSSR count). The molecule has 0 aliphatic carbocycles. The van der Waals surface area contributed by atoms with E-state index in [-0.39, 0.29) is 0 Å². The number of nitrogens with zero attached hydrogens (tertiary/aromatic N) is 2. The average Bonchev–Trinajstić information content (AvgIpc) is 2.80. The summed E-state index contributed by atoms with van der Waals surface area (Å²) in [6, 6.07) is 8.29. The molecule has 0 spiro atoms. The van der Waals surface area contributed by atoms with Crippen LogP contribution in [0.3, 0.4) is 0 Å². The van der Waals surface area contributed by atoms with Crippen molar-refractivity contribution in [1.29, 1.82) is 0 Å². The highest BCUT2D eigenvalue weighted by atomic mass is 16.5. The number of hydrogen-bond acceptors (Lipinski definition) is 2. The van der Waals surface area contributed by atoms with Gasteiger partial charge in [0.2, 0.25) is 0 Å². The van der Waals surface area contributed by atoms with Crippen LogP contribution in [0.5, 0.6) is 5.75 Å². The van der Waals surface area contributed by atoms with Gasteiger partial charge in [0.1, 0.15) is 0 Å². The third-order valence-corrected chi connectivity index (χ3v) is 3.60. The highest BCUT2D eigenvalue weighted by molar-refractivity contribution is 5.71. The predicted octanol–water partition coefficient (Wildman–Crippen LogP) is 3.94. The summed E-state index contributed by atoms with van der Waals surface area (Å²) in [4.78, 5) is 4.74. The molecule has 2 aromatic heterocycles. The van der Waals surface area contributed by atoms with E-state index in [1.54, 1.807) is 7.11 Å². The lowest BCUT2D eigenvalue weighted by atomic mass is 9.98. The van der Waals surface area contributed by atoms with Gasteiger partial charge in [0.05, 0.1) is 12.8 Å². The Morgan fingerprint density at radius 3 is 2.45 bits per heavy atom. The summed E-state index contributed by atoms with van der Waals surface area (Å²) in [5.74, 6) is 0.793. The van der Waals surface area contributed by atoms with E-state index in [1.165, 1.54) is 22.3 Å². The van der Waals surface area contributed by atoms with Gasteiger partial charge in [-0.25, -0.2) is 4.98 Å². The average molecular weight is 266 g/mol. The highest BCUT2D eigenvalue weighted by Crippen LogP contribution is 2.29. The quantitative estimate of drug-likeness (QED) is 0.702. The Morgan fingerprint density at radius 1 is 1.10 bits per heavy atom. The molecule has 1 aromatic carbocycles. The zero-order valence-corrected chi connectivity index (χ0v) is 12.3. The Kier molecular flexibility index (Phi) is 2.97. The SMILES string of the molecule is COc1cccn2cc(-c3c(C)cc(C)cc3C)nc12. The molecule has 0 bridgehead atoms. The lowest BCUT2D eigenvalue weighted by Crippen LogP contribution is -1.90. The van der Waals surface area contributed by atoms with Crippen LogP contribution in [0.2, 0.25) is 0 Å². The monoisotopic (exact) mass is 266 g/mol. The summed E-state index contributed by atoms with van der Waals surface area (Å²) in [5.41, 5.74) is 6.84. The smallest absolute Gasteiger partial charge is 0.180 e. The second-order valence-electron chi connectivity index (χ2n) is 5.21. The first-order chi connectivity index (χ1) is 9.60. The normalized spacial score (nSPS) is 11.0. The zero-order valence-electron chi connectivity index (χ0n) is 12.3. The van der Waals surface area contributed by atoms with E-state index in [4.69, 9.17) is 9.72 Å². The Bertz CT molecular complexity index is 764. The lowest BCUT2D eigenvalue weighted by Gasteiger charge is -2.08. The van der Waals surface area contributed by atoms with Crippen LogP contribution in [-0.4, -0.2) is 16.5 Å². The van der Waals surface area contributed by atoms with Gasteiger partial charge in [-0.2, -0.15) is 0 Å². The Morgan fingerprint density at radius 2 is 1.80 bits per heavy atom. The number of hydrogen-bond donors (Lipinski definition) is 0. The third kappa shape index (κ3) is 1.95. The van der Waals surface area contributed by atoms with Crippen LogP contribution in [0.1, 0.15) is 16.7 Å². The number of imidazole rings is 1. The fourth-order valence-corrected chi connectivity index (χ4v) is 2.85. The predicted molar refractivity (Wildman–Crippen MR) is 81.4 cm³/mol. The first kappa shape index (κ1) is 12.7. The maximum Gasteiger partial charge on any atom is 0.180 e. The van der Waals surface area contributed by atoms with Crippen molar-refractivity contribution in [2.45, 2.75) is 20.8 Å². The first-order valence-corrected chi connectivity index (χ1v) is 6.70. The Labute approximate surface area is 118 Å². The third-order valence-electron chi connectivity index (χ3n) is 3.60. The molecule has 0 saturated heterocycles. The van der Waals surface area contributed by atoms with Gasteiger partial charge < -0.3 is 9.14 Å². The molecule has 102 valence electrons. The lowest BCUT2D eigenvalue weighted by molar-refractivity contribution is 0.417. The van der Waals surface area contributed by atoms with Crippen molar-refractivity contribution in [3.05, 3.63) is 53.3 Å². The molecule has 0 N–H and O–H groups in total. The van der Waals surface area contributed by atoms with E-state index in [0.29, 0.717) is 0 Å². The van der Waals surface area contributed by atoms with Crippen LogP contribution in [0.4, 0.5) is 0 Å². The fourth-order valence-electron chi connectivity index (χ4n) is 2.85. The number of ether oxygens (including phenoxy) is 1. The summed E-state index contributed by atoms with van der Waals surface area (Å²) in [6.45, 7) is 6.39. The van der Waals surface area contributed by atoms with Crippen LogP contribution in [-0.2, 0) is 0 Å². The molecule has 2 heterocycles. The number of fused-ring (bicyclic) bond motifs is 1. The van der Waals surface area contributed by atoms with Crippen LogP contribution >= 0.6 is 0 Å². The van der Waals surface area contributed by atoms with Crippen LogP contribution < -0.4 is 4.74 Å². The topological polar surface area (TPSA) is 26.5 Å². The second-order valence-corrected chi connectivity index (χ2v) is 5.21. The van der Waals surface area contributed by atoms with Crippen molar-refractivity contribution in [2.75, 3.05) is 7.11 Å². The summed E-state index contributed by atoms with van der Waals surface area (Å²) in [5, 5.41) is 0. The van der Waals surface area contributed by atoms with E-state index in [1.807, 2.05) is 22.7 Å². The van der Waals surface area contributed by atoms with Crippen molar-refractivity contribution >= 4 is 5.65 Å². The van der Waals surface area contributed by atoms with Crippen LogP contribution in [0.25, 0.3) is 16.9 Å². The van der Waals surface area contributed by atoms with E-state index >= 15 is 0 Å². The molecule has 0 amide bonds. The Balaban J connectivity index is 2.26. The fraction of sp³-hybridized carbons (Fsp3) is 0.235. The van der Waals surface area contributed by atoms with Gasteiger partial charge in [-0.1, -0.05) is 17.7 Å². The number of aryl methyl sites for hydroxylation is 3. The number of rotatable bonds is 2. The minimum atomic E-state index is 0.793. The molecule has 0 atom stereocenters. The number of benzene rings is 1. The van der Waals surface area contributed by atoms with Gasteiger partial charge >= 0.3 is 0 Å². The minimum absolute atomic E-state index is 0.793. The molecule has 3 nitrogen and oxygen atoms in total. The Hall–Kier alpha value is -2.29. The summed E-state index contributed by atoms with van der Waals surface area (Å²) in [7, 11) is 1.67. The van der Waals surface area contributed by atoms with E-state index < -0.39 is 0 Å². The maximum absolute atomic E-state index is 5.37. The maximum atomic E-state index is 5.37. The van der Waals surface area contributed by atoms with E-state index in [2.05, 4.69) is 39.1 Å². The summed E-state index contributed by atoms with van der Waals surface area (Å²) < 4.78 is 7.38. The minimum Gasteiger partial charge on any atom is -0.493 e. The zero-order chi connectivity index (χ0) is 14.3. The van der Waals surface area contributed by atoms with Gasteiger partial charge in [-0.3, -0.25) is 0 Å². The molecule has 0 radical (unpaired) electrons. The highest BCUT2D eigenvalue weighted by Gasteiger charge is 2.12. The molecular formula is C17H18N2O. The number of pyridine rings is 1. The molecule has 0 fully saturated rings. The van der Waals surface area contributed by atoms with Crippen molar-refractivity contribution in [1.82, 2.24) is 9.38 Å². The van der Waals surface area contributed by atoms with Crippen molar-refractivity contribution in [2.24, 2.45) is 0 Å². The largest absolute Gasteiger partial charge is 0.493 e. The molecule has 20 heavy (non-hydrogen) atoms. The van der Waals surface area contributed by atoms with Crippen molar-refractivity contribution in [3.8, 4) is 17.0 Å². The summed E-state index contributed by atoms with van der Waals surface area (Å²) >= 11 is 0. The second kappa shape index (κ2) is 4.67. The van der Waals surface area contributed by atoms with E-state index in [9.17, 15) is 0 Å².